The van der Waals surface area contributed by atoms with E-state index < -0.39 is 6.04 Å². The van der Waals surface area contributed by atoms with Crippen LogP contribution in [-0.2, 0) is 11.2 Å². The van der Waals surface area contributed by atoms with Gasteiger partial charge in [0.1, 0.15) is 6.04 Å². The minimum atomic E-state index is -0.743. The van der Waals surface area contributed by atoms with E-state index in [0.717, 1.165) is 24.8 Å². The first-order valence-corrected chi connectivity index (χ1v) is 19.7. The summed E-state index contributed by atoms with van der Waals surface area (Å²) in [6.45, 7) is 11.0. The van der Waals surface area contributed by atoms with Crippen LogP contribution in [0.25, 0.3) is 0 Å². The minimum absolute atomic E-state index is 0.0812. The van der Waals surface area contributed by atoms with Gasteiger partial charge in [0, 0.05) is 49.8 Å². The number of rotatable bonds is 8. The van der Waals surface area contributed by atoms with Gasteiger partial charge in [-0.2, -0.15) is 0 Å². The Balaban J connectivity index is 1.02. The molecule has 4 aliphatic carbocycles. The fourth-order valence-corrected chi connectivity index (χ4v) is 12.1. The summed E-state index contributed by atoms with van der Waals surface area (Å²) in [6.07, 6.45) is 8.92. The number of fused-ring (bicyclic) bond motifs is 5. The second kappa shape index (κ2) is 14.4. The summed E-state index contributed by atoms with van der Waals surface area (Å²) < 4.78 is 0. The van der Waals surface area contributed by atoms with Gasteiger partial charge in [-0.05, 0) is 123 Å². The van der Waals surface area contributed by atoms with E-state index in [0.29, 0.717) is 73.3 Å². The van der Waals surface area contributed by atoms with Crippen LogP contribution in [0.3, 0.4) is 0 Å². The third kappa shape index (κ3) is 6.81. The number of carbonyl (C=O) groups is 3. The summed E-state index contributed by atoms with van der Waals surface area (Å²) in [6, 6.07) is 15.7. The van der Waals surface area contributed by atoms with E-state index in [4.69, 9.17) is 0 Å². The van der Waals surface area contributed by atoms with Crippen LogP contribution in [0, 0.1) is 40.4 Å². The maximum atomic E-state index is 14.1. The Morgan fingerprint density at radius 3 is 2.29 bits per heavy atom. The highest BCUT2D eigenvalue weighted by Crippen LogP contribution is 2.68. The zero-order valence-electron chi connectivity index (χ0n) is 31.1. The molecule has 1 heterocycles. The molecule has 2 aromatic rings. The Morgan fingerprint density at radius 2 is 1.59 bits per heavy atom. The third-order valence-corrected chi connectivity index (χ3v) is 14.9. The number of hydrogen-bond donors (Lipinski definition) is 3. The molecule has 3 N–H and O–H groups in total. The molecule has 1 aliphatic heterocycles. The molecule has 0 unspecified atom stereocenters. The average molecular weight is 698 g/mol. The van der Waals surface area contributed by atoms with Crippen molar-refractivity contribution in [2.24, 2.45) is 40.4 Å². The number of aliphatic hydroxyl groups is 2. The largest absolute Gasteiger partial charge is 0.393 e. The molecular formula is C43H59N3O5. The number of hydrogen-bond acceptors (Lipinski definition) is 6. The van der Waals surface area contributed by atoms with Crippen LogP contribution >= 0.6 is 0 Å². The van der Waals surface area contributed by atoms with E-state index >= 15 is 0 Å². The topological polar surface area (TPSA) is 110 Å². The lowest BCUT2D eigenvalue weighted by Gasteiger charge is -2.63. The monoisotopic (exact) mass is 697 g/mol. The van der Waals surface area contributed by atoms with Gasteiger partial charge < -0.3 is 20.4 Å². The van der Waals surface area contributed by atoms with E-state index in [1.165, 1.54) is 39.0 Å². The number of piperazine rings is 1. The molecule has 0 spiro atoms. The summed E-state index contributed by atoms with van der Waals surface area (Å²) >= 11 is 0. The Morgan fingerprint density at radius 1 is 0.882 bits per heavy atom. The van der Waals surface area contributed by atoms with Crippen LogP contribution < -0.4 is 5.32 Å². The molecule has 2 aromatic carbocycles. The van der Waals surface area contributed by atoms with E-state index in [9.17, 15) is 24.6 Å². The SMILES string of the molecule is CC(=O)c1cccc(C(=O)N[C@H](Cc2ccccc2)C(=O)N2CCN([C@H]3C[C@@]4(C)[C@@H](CC[C@@H]5[C@@H]4CC[C@]4(C)[C@@H]([C@@H](C)O)CC[C@@H]54)C[C@@H]3O)CC2)c1. The smallest absolute Gasteiger partial charge is 0.251 e. The minimum Gasteiger partial charge on any atom is -0.393 e. The van der Waals surface area contributed by atoms with Crippen molar-refractivity contribution in [3.8, 4) is 0 Å². The molecule has 5 fully saturated rings. The van der Waals surface area contributed by atoms with Crippen LogP contribution in [0.1, 0.15) is 105 Å². The molecule has 11 atom stereocenters. The molecule has 51 heavy (non-hydrogen) atoms. The van der Waals surface area contributed by atoms with Crippen molar-refractivity contribution in [3.63, 3.8) is 0 Å². The van der Waals surface area contributed by atoms with E-state index in [-0.39, 0.29) is 46.7 Å². The second-order valence-electron chi connectivity index (χ2n) is 17.4. The number of benzene rings is 2. The van der Waals surface area contributed by atoms with Crippen molar-refractivity contribution >= 4 is 17.6 Å². The van der Waals surface area contributed by atoms with Crippen molar-refractivity contribution in [2.45, 2.75) is 110 Å². The number of amides is 2. The first-order valence-electron chi connectivity index (χ1n) is 19.7. The van der Waals surface area contributed by atoms with Crippen LogP contribution in [0.4, 0.5) is 0 Å². The lowest BCUT2D eigenvalue weighted by molar-refractivity contribution is -0.156. The second-order valence-corrected chi connectivity index (χ2v) is 17.4. The van der Waals surface area contributed by atoms with Gasteiger partial charge in [0.15, 0.2) is 5.78 Å². The molecule has 8 heteroatoms. The van der Waals surface area contributed by atoms with Gasteiger partial charge in [0.25, 0.3) is 5.91 Å². The highest BCUT2D eigenvalue weighted by Gasteiger charge is 2.62. The summed E-state index contributed by atoms with van der Waals surface area (Å²) in [5.74, 6) is 2.44. The van der Waals surface area contributed by atoms with Gasteiger partial charge in [-0.1, -0.05) is 56.3 Å². The Hall–Kier alpha value is -3.07. The predicted octanol–water partition coefficient (Wildman–Crippen LogP) is 5.75. The predicted molar refractivity (Wildman–Crippen MR) is 198 cm³/mol. The van der Waals surface area contributed by atoms with Gasteiger partial charge in [-0.25, -0.2) is 0 Å². The summed E-state index contributed by atoms with van der Waals surface area (Å²) in [5.41, 5.74) is 2.22. The number of nitrogens with one attached hydrogen (secondary N) is 1. The molecule has 0 radical (unpaired) electrons. The van der Waals surface area contributed by atoms with E-state index in [2.05, 4.69) is 24.1 Å². The Kier molecular flexibility index (Phi) is 10.2. The van der Waals surface area contributed by atoms with Gasteiger partial charge in [-0.3, -0.25) is 19.3 Å². The van der Waals surface area contributed by atoms with Crippen LogP contribution in [0.5, 0.6) is 0 Å². The highest BCUT2D eigenvalue weighted by atomic mass is 16.3. The molecule has 0 aromatic heterocycles. The Bertz CT molecular complexity index is 1590. The lowest BCUT2D eigenvalue weighted by atomic mass is 9.44. The lowest BCUT2D eigenvalue weighted by Crippen LogP contribution is -2.63. The molecule has 5 aliphatic rings. The molecule has 8 nitrogen and oxygen atoms in total. The van der Waals surface area contributed by atoms with Crippen LogP contribution in [0.2, 0.25) is 0 Å². The molecule has 0 bridgehead atoms. The molecule has 2 amide bonds. The number of ketones is 1. The number of carbonyl (C=O) groups excluding carboxylic acids is 3. The van der Waals surface area contributed by atoms with Gasteiger partial charge >= 0.3 is 0 Å². The maximum absolute atomic E-state index is 14.1. The standard InChI is InChI=1S/C43H59N3O5/c1-27(47)30-11-8-12-31(24-30)40(50)44-37(23-29-9-6-5-7-10-29)41(51)46-21-19-45(20-22-46)38-26-43(4)32(25-39(38)49)13-14-33-35-16-15-34(28(2)48)42(35,3)18-17-36(33)43/h5-12,24,28,32-39,48-49H,13-23,25-26H2,1-4H3,(H,44,50)/t28-,32+,33+,34-,35+,36+,37-,38+,39+,42-,43+/m1/s1. The normalized spacial score (nSPS) is 36.3. The summed E-state index contributed by atoms with van der Waals surface area (Å²) in [4.78, 5) is 43.9. The first kappa shape index (κ1) is 36.3. The molecule has 7 rings (SSSR count). The molecular weight excluding hydrogens is 638 g/mol. The molecule has 1 saturated heterocycles. The summed E-state index contributed by atoms with van der Waals surface area (Å²) in [5, 5.41) is 25.3. The zero-order chi connectivity index (χ0) is 36.1. The zero-order valence-corrected chi connectivity index (χ0v) is 31.1. The van der Waals surface area contributed by atoms with Crippen molar-refractivity contribution in [1.29, 1.82) is 0 Å². The number of nitrogens with zero attached hydrogens (tertiary/aromatic N) is 2. The van der Waals surface area contributed by atoms with Crippen LogP contribution in [0.15, 0.2) is 54.6 Å². The summed E-state index contributed by atoms with van der Waals surface area (Å²) in [7, 11) is 0. The van der Waals surface area contributed by atoms with Gasteiger partial charge in [0.05, 0.1) is 12.2 Å². The quantitative estimate of drug-likeness (QED) is 0.303. The Labute approximate surface area is 304 Å². The van der Waals surface area contributed by atoms with E-state index in [1.807, 2.05) is 42.2 Å². The van der Waals surface area contributed by atoms with Crippen molar-refractivity contribution in [3.05, 3.63) is 71.3 Å². The van der Waals surface area contributed by atoms with E-state index in [1.54, 1.807) is 24.3 Å². The number of Topliss-reactive ketones (excluding diaryl/α,β-unsaturated/α-hetero) is 1. The van der Waals surface area contributed by atoms with Crippen molar-refractivity contribution in [1.82, 2.24) is 15.1 Å². The van der Waals surface area contributed by atoms with Gasteiger partial charge in [-0.15, -0.1) is 0 Å². The van der Waals surface area contributed by atoms with Crippen LogP contribution in [-0.4, -0.2) is 88.1 Å². The first-order chi connectivity index (χ1) is 24.4. The fourth-order valence-electron chi connectivity index (χ4n) is 12.1. The van der Waals surface area contributed by atoms with Gasteiger partial charge in [0.2, 0.25) is 5.91 Å². The highest BCUT2D eigenvalue weighted by molar-refractivity contribution is 6.01. The fraction of sp³-hybridized carbons (Fsp3) is 0.651. The number of aliphatic hydroxyl groups excluding tert-OH is 2. The third-order valence-electron chi connectivity index (χ3n) is 14.9. The van der Waals surface area contributed by atoms with Crippen molar-refractivity contribution in [2.75, 3.05) is 26.2 Å². The average Bonchev–Trinajstić information content (AvgIpc) is 3.49. The molecule has 4 saturated carbocycles. The van der Waals surface area contributed by atoms with Crippen molar-refractivity contribution < 1.29 is 24.6 Å². The maximum Gasteiger partial charge on any atom is 0.251 e. The molecule has 276 valence electrons.